The van der Waals surface area contributed by atoms with Crippen molar-refractivity contribution in [1.82, 2.24) is 5.32 Å². The van der Waals surface area contributed by atoms with Crippen LogP contribution in [0.5, 0.6) is 0 Å². The van der Waals surface area contributed by atoms with Gasteiger partial charge in [-0.25, -0.2) is 4.79 Å². The summed E-state index contributed by atoms with van der Waals surface area (Å²) in [7, 11) is 0. The molecule has 1 aliphatic carbocycles. The first-order chi connectivity index (χ1) is 12.2. The summed E-state index contributed by atoms with van der Waals surface area (Å²) < 4.78 is 5.44. The van der Waals surface area contributed by atoms with E-state index in [9.17, 15) is 4.79 Å². The van der Waals surface area contributed by atoms with Crippen LogP contribution in [0.3, 0.4) is 0 Å². The summed E-state index contributed by atoms with van der Waals surface area (Å²) in [5, 5.41) is 4.15. The zero-order valence-electron chi connectivity index (χ0n) is 15.2. The van der Waals surface area contributed by atoms with E-state index in [2.05, 4.69) is 17.4 Å². The first-order valence-corrected chi connectivity index (χ1v) is 9.50. The van der Waals surface area contributed by atoms with Gasteiger partial charge >= 0.3 is 6.09 Å². The van der Waals surface area contributed by atoms with E-state index in [1.54, 1.807) is 0 Å². The van der Waals surface area contributed by atoms with Gasteiger partial charge in [-0.3, -0.25) is 0 Å². The molecule has 0 aromatic heterocycles. The zero-order valence-corrected chi connectivity index (χ0v) is 16.7. The number of hydrogen-bond acceptors (Lipinski definition) is 2. The van der Waals surface area contributed by atoms with Crippen LogP contribution in [-0.2, 0) is 17.6 Å². The van der Waals surface area contributed by atoms with E-state index in [1.165, 1.54) is 11.1 Å². The van der Waals surface area contributed by atoms with Crippen molar-refractivity contribution in [2.45, 2.75) is 51.2 Å². The van der Waals surface area contributed by atoms with Gasteiger partial charge < -0.3 is 10.1 Å². The number of halogens is 2. The fourth-order valence-electron chi connectivity index (χ4n) is 3.46. The van der Waals surface area contributed by atoms with Crippen molar-refractivity contribution in [3.63, 3.8) is 0 Å². The highest BCUT2D eigenvalue weighted by molar-refractivity contribution is 6.42. The molecule has 2 aromatic rings. The molecule has 0 aliphatic heterocycles. The first-order valence-electron chi connectivity index (χ1n) is 8.74. The highest BCUT2D eigenvalue weighted by Crippen LogP contribution is 2.37. The van der Waals surface area contributed by atoms with Gasteiger partial charge in [0.1, 0.15) is 5.60 Å². The molecule has 1 N–H and O–H groups in total. The summed E-state index contributed by atoms with van der Waals surface area (Å²) in [4.78, 5) is 12.3. The van der Waals surface area contributed by atoms with Gasteiger partial charge in [0, 0.05) is 12.0 Å². The maximum atomic E-state index is 12.3. The number of benzene rings is 2. The Hall–Kier alpha value is -1.71. The Morgan fingerprint density at radius 3 is 2.58 bits per heavy atom. The van der Waals surface area contributed by atoms with E-state index in [1.807, 2.05) is 51.1 Å². The third-order valence-corrected chi connectivity index (χ3v) is 5.26. The normalized spacial score (nSPS) is 19.1. The van der Waals surface area contributed by atoms with Crippen LogP contribution in [-0.4, -0.2) is 17.7 Å². The number of carbonyl (C=O) groups excluding carboxylic acids is 1. The fraction of sp³-hybridized carbons (Fsp3) is 0.381. The third-order valence-electron chi connectivity index (χ3n) is 4.52. The minimum absolute atomic E-state index is 0.0169. The van der Waals surface area contributed by atoms with Gasteiger partial charge in [0.15, 0.2) is 0 Å². The number of fused-ring (bicyclic) bond motifs is 1. The number of amides is 1. The van der Waals surface area contributed by atoms with Crippen molar-refractivity contribution in [3.8, 4) is 0 Å². The van der Waals surface area contributed by atoms with Crippen molar-refractivity contribution in [2.75, 3.05) is 0 Å². The molecule has 0 heterocycles. The Labute approximate surface area is 164 Å². The molecule has 1 amide bonds. The quantitative estimate of drug-likeness (QED) is 0.720. The molecule has 26 heavy (non-hydrogen) atoms. The predicted molar refractivity (Wildman–Crippen MR) is 106 cm³/mol. The van der Waals surface area contributed by atoms with Gasteiger partial charge in [-0.15, -0.1) is 0 Å². The van der Waals surface area contributed by atoms with Gasteiger partial charge in [0.2, 0.25) is 0 Å². The van der Waals surface area contributed by atoms with E-state index in [4.69, 9.17) is 27.9 Å². The van der Waals surface area contributed by atoms with Crippen LogP contribution in [0.15, 0.2) is 42.5 Å². The molecule has 0 saturated carbocycles. The summed E-state index contributed by atoms with van der Waals surface area (Å²) in [6.07, 6.45) is 1.19. The van der Waals surface area contributed by atoms with Crippen LogP contribution in [0.2, 0.25) is 10.0 Å². The second-order valence-corrected chi connectivity index (χ2v) is 8.53. The minimum atomic E-state index is -0.519. The molecule has 2 atom stereocenters. The van der Waals surface area contributed by atoms with Crippen molar-refractivity contribution in [2.24, 2.45) is 0 Å². The van der Waals surface area contributed by atoms with Crippen LogP contribution in [0.1, 0.15) is 43.4 Å². The number of carbonyl (C=O) groups is 1. The lowest BCUT2D eigenvalue weighted by Gasteiger charge is -2.25. The minimum Gasteiger partial charge on any atom is -0.444 e. The number of alkyl carbamates (subject to hydrolysis) is 1. The summed E-state index contributed by atoms with van der Waals surface area (Å²) in [6, 6.07) is 14.0. The van der Waals surface area contributed by atoms with Crippen molar-refractivity contribution in [1.29, 1.82) is 0 Å². The standard InChI is InChI=1S/C21H23Cl2NO2/c1-21(2,3)26-20(25)24-19-12-14-6-4-5-7-15(14)16(19)10-13-8-9-17(22)18(23)11-13/h4-9,11,16,19H,10,12H2,1-3H3,(H,24,25). The van der Waals surface area contributed by atoms with Crippen LogP contribution in [0.25, 0.3) is 0 Å². The topological polar surface area (TPSA) is 38.3 Å². The molecule has 1 aliphatic rings. The molecule has 0 fully saturated rings. The van der Waals surface area contributed by atoms with Crippen LogP contribution in [0, 0.1) is 0 Å². The van der Waals surface area contributed by atoms with Gasteiger partial charge in [-0.05, 0) is 62.4 Å². The van der Waals surface area contributed by atoms with E-state index < -0.39 is 5.60 Å². The molecule has 3 rings (SSSR count). The van der Waals surface area contributed by atoms with Gasteiger partial charge in [-0.1, -0.05) is 53.5 Å². The molecule has 3 nitrogen and oxygen atoms in total. The van der Waals surface area contributed by atoms with Crippen LogP contribution in [0.4, 0.5) is 4.79 Å². The second kappa shape index (κ2) is 7.50. The van der Waals surface area contributed by atoms with E-state index >= 15 is 0 Å². The Bertz CT molecular complexity index is 814. The van der Waals surface area contributed by atoms with Crippen LogP contribution < -0.4 is 5.32 Å². The molecule has 2 unspecified atom stereocenters. The highest BCUT2D eigenvalue weighted by Gasteiger charge is 2.34. The average Bonchev–Trinajstić information content (AvgIpc) is 2.86. The number of rotatable bonds is 3. The van der Waals surface area contributed by atoms with E-state index in [0.717, 1.165) is 18.4 Å². The molecule has 0 saturated heterocycles. The lowest BCUT2D eigenvalue weighted by Crippen LogP contribution is -2.41. The molecular weight excluding hydrogens is 369 g/mol. The molecule has 0 radical (unpaired) electrons. The summed E-state index contributed by atoms with van der Waals surface area (Å²) in [5.74, 6) is 0.163. The van der Waals surface area contributed by atoms with Gasteiger partial charge in [-0.2, -0.15) is 0 Å². The smallest absolute Gasteiger partial charge is 0.407 e. The van der Waals surface area contributed by atoms with Gasteiger partial charge in [0.25, 0.3) is 0 Å². The average molecular weight is 392 g/mol. The Morgan fingerprint density at radius 2 is 1.88 bits per heavy atom. The molecule has 138 valence electrons. The van der Waals surface area contributed by atoms with Crippen molar-refractivity contribution < 1.29 is 9.53 Å². The summed E-state index contributed by atoms with van der Waals surface area (Å²) in [5.41, 5.74) is 3.10. The Morgan fingerprint density at radius 1 is 1.15 bits per heavy atom. The molecule has 0 spiro atoms. The Balaban J connectivity index is 1.82. The lowest BCUT2D eigenvalue weighted by molar-refractivity contribution is 0.0499. The second-order valence-electron chi connectivity index (χ2n) is 7.71. The predicted octanol–water partition coefficient (Wildman–Crippen LogP) is 5.77. The van der Waals surface area contributed by atoms with Crippen molar-refractivity contribution >= 4 is 29.3 Å². The lowest BCUT2D eigenvalue weighted by atomic mass is 9.91. The van der Waals surface area contributed by atoms with Crippen LogP contribution >= 0.6 is 23.2 Å². The maximum Gasteiger partial charge on any atom is 0.407 e. The van der Waals surface area contributed by atoms with Gasteiger partial charge in [0.05, 0.1) is 10.0 Å². The van der Waals surface area contributed by atoms with Crippen molar-refractivity contribution in [3.05, 3.63) is 69.2 Å². The highest BCUT2D eigenvalue weighted by atomic mass is 35.5. The first kappa shape index (κ1) is 19.1. The summed E-state index contributed by atoms with van der Waals surface area (Å²) >= 11 is 12.2. The maximum absolute atomic E-state index is 12.3. The van der Waals surface area contributed by atoms with E-state index in [0.29, 0.717) is 10.0 Å². The molecule has 0 bridgehead atoms. The number of ether oxygens (including phenoxy) is 1. The largest absolute Gasteiger partial charge is 0.444 e. The van der Waals surface area contributed by atoms with E-state index in [-0.39, 0.29) is 18.1 Å². The summed E-state index contributed by atoms with van der Waals surface area (Å²) in [6.45, 7) is 5.59. The number of hydrogen-bond donors (Lipinski definition) is 1. The zero-order chi connectivity index (χ0) is 18.9. The monoisotopic (exact) mass is 391 g/mol. The third kappa shape index (κ3) is 4.52. The molecule has 5 heteroatoms. The molecular formula is C21H23Cl2NO2. The fourth-order valence-corrected chi connectivity index (χ4v) is 3.78. The number of nitrogens with one attached hydrogen (secondary N) is 1. The molecule has 2 aromatic carbocycles. The SMILES string of the molecule is CC(C)(C)OC(=O)NC1Cc2ccccc2C1Cc1ccc(Cl)c(Cl)c1. The Kier molecular flexibility index (Phi) is 5.50.